The third kappa shape index (κ3) is 6.16. The minimum Gasteiger partial charge on any atom is -0.480 e. The zero-order valence-corrected chi connectivity index (χ0v) is 24.7. The minimum absolute atomic E-state index is 0.00466. The van der Waals surface area contributed by atoms with Crippen LogP contribution in [0, 0.1) is 0 Å². The average molecular weight is 619 g/mol. The van der Waals surface area contributed by atoms with Crippen molar-refractivity contribution in [1.29, 1.82) is 0 Å². The molecule has 0 bridgehead atoms. The van der Waals surface area contributed by atoms with E-state index >= 15 is 0 Å². The van der Waals surface area contributed by atoms with Crippen molar-refractivity contribution in [2.45, 2.75) is 31.8 Å². The van der Waals surface area contributed by atoms with Gasteiger partial charge in [0.25, 0.3) is 11.8 Å². The molecule has 0 saturated carbocycles. The standard InChI is InChI=1S/C29H29Cl2N3O6S/c1-41(2,39)34-9-3-4-17(15-34)12-23(29(37)38)32-27(35)25-22(30)13-20-16-33(10-7-21(20)26(25)31)28(36)19-6-5-18-8-11-40-24(18)14-19/h4-6,8,11,13-14,23H,1,3,7,9-10,12,15-16H2,2H3,(H,32,35)(H,37,38)/t23-,41?/m0/s1. The van der Waals surface area contributed by atoms with E-state index in [1.54, 1.807) is 39.9 Å². The van der Waals surface area contributed by atoms with E-state index in [4.69, 9.17) is 27.6 Å². The lowest BCUT2D eigenvalue weighted by molar-refractivity contribution is -0.139. The summed E-state index contributed by atoms with van der Waals surface area (Å²) in [6.07, 6.45) is 6.06. The molecule has 2 atom stereocenters. The molecule has 2 N–H and O–H groups in total. The van der Waals surface area contributed by atoms with Crippen molar-refractivity contribution in [3.63, 3.8) is 0 Å². The highest BCUT2D eigenvalue weighted by atomic mass is 35.5. The largest absolute Gasteiger partial charge is 0.480 e. The first-order valence-electron chi connectivity index (χ1n) is 13.0. The van der Waals surface area contributed by atoms with Crippen molar-refractivity contribution in [3.05, 3.63) is 80.5 Å². The molecule has 12 heteroatoms. The van der Waals surface area contributed by atoms with Gasteiger partial charge in [0.15, 0.2) is 0 Å². The molecule has 2 aromatic carbocycles. The smallest absolute Gasteiger partial charge is 0.326 e. The molecule has 216 valence electrons. The Morgan fingerprint density at radius 2 is 1.95 bits per heavy atom. The molecule has 1 unspecified atom stereocenters. The molecule has 2 aliphatic rings. The number of furan rings is 1. The van der Waals surface area contributed by atoms with E-state index in [1.807, 2.05) is 18.2 Å². The number of carboxylic acid groups (broad SMARTS) is 1. The predicted octanol–water partition coefficient (Wildman–Crippen LogP) is 4.40. The summed E-state index contributed by atoms with van der Waals surface area (Å²) in [6, 6.07) is 7.48. The van der Waals surface area contributed by atoms with Crippen LogP contribution in [-0.4, -0.2) is 74.1 Å². The van der Waals surface area contributed by atoms with Gasteiger partial charge >= 0.3 is 5.97 Å². The van der Waals surface area contributed by atoms with E-state index in [-0.39, 0.29) is 34.5 Å². The van der Waals surface area contributed by atoms with E-state index in [9.17, 15) is 23.7 Å². The summed E-state index contributed by atoms with van der Waals surface area (Å²) in [6.45, 7) is 1.50. The summed E-state index contributed by atoms with van der Waals surface area (Å²) in [5, 5.41) is 13.5. The number of carbonyl (C=O) groups excluding carboxylic acids is 2. The zero-order chi connectivity index (χ0) is 29.5. The van der Waals surface area contributed by atoms with Gasteiger partial charge in [-0.2, -0.15) is 0 Å². The van der Waals surface area contributed by atoms with E-state index < -0.39 is 27.6 Å². The molecule has 0 saturated heterocycles. The first-order valence-corrected chi connectivity index (χ1v) is 15.8. The van der Waals surface area contributed by atoms with Crippen LogP contribution in [0.2, 0.25) is 10.0 Å². The maximum Gasteiger partial charge on any atom is 0.326 e. The number of nitrogens with one attached hydrogen (secondary N) is 1. The van der Waals surface area contributed by atoms with Gasteiger partial charge in [-0.3, -0.25) is 13.8 Å². The van der Waals surface area contributed by atoms with Gasteiger partial charge in [-0.05, 0) is 54.1 Å². The van der Waals surface area contributed by atoms with Crippen LogP contribution in [-0.2, 0) is 27.5 Å². The molecule has 9 nitrogen and oxygen atoms in total. The Balaban J connectivity index is 1.32. The van der Waals surface area contributed by atoms with Gasteiger partial charge < -0.3 is 19.7 Å². The van der Waals surface area contributed by atoms with E-state index in [1.165, 1.54) is 0 Å². The van der Waals surface area contributed by atoms with Gasteiger partial charge in [-0.1, -0.05) is 40.9 Å². The SMILES string of the molecule is C=S(C)(=O)N1CCC=C(C[C@H](NC(=O)c2c(Cl)cc3c(c2Cl)CCN(C(=O)c2ccc4ccoc4c2)C3)C(=O)O)C1. The predicted molar refractivity (Wildman–Crippen MR) is 160 cm³/mol. The number of nitrogens with zero attached hydrogens (tertiary/aromatic N) is 2. The van der Waals surface area contributed by atoms with E-state index in [0.717, 1.165) is 11.0 Å². The van der Waals surface area contributed by atoms with Gasteiger partial charge in [0.2, 0.25) is 0 Å². The number of amides is 2. The van der Waals surface area contributed by atoms with Crippen molar-refractivity contribution in [1.82, 2.24) is 14.5 Å². The Kier molecular flexibility index (Phi) is 8.20. The van der Waals surface area contributed by atoms with E-state index in [2.05, 4.69) is 11.2 Å². The highest BCUT2D eigenvalue weighted by molar-refractivity contribution is 7.97. The van der Waals surface area contributed by atoms with Gasteiger partial charge in [0, 0.05) is 59.5 Å². The molecule has 2 aliphatic heterocycles. The molecule has 3 aromatic rings. The van der Waals surface area contributed by atoms with Gasteiger partial charge in [0.05, 0.1) is 21.9 Å². The van der Waals surface area contributed by atoms with Crippen molar-refractivity contribution >= 4 is 67.5 Å². The number of hydrogen-bond donors (Lipinski definition) is 2. The topological polar surface area (TPSA) is 120 Å². The Hall–Kier alpha value is -3.31. The lowest BCUT2D eigenvalue weighted by Gasteiger charge is -2.31. The Labute approximate surface area is 247 Å². The normalized spacial score (nSPS) is 17.8. The second-order valence-corrected chi connectivity index (χ2v) is 13.6. The van der Waals surface area contributed by atoms with Gasteiger partial charge in [-0.25, -0.2) is 9.10 Å². The second-order valence-electron chi connectivity index (χ2n) is 10.4. The number of aliphatic carboxylic acids is 1. The van der Waals surface area contributed by atoms with Crippen LogP contribution in [0.15, 0.2) is 52.7 Å². The van der Waals surface area contributed by atoms with Crippen molar-refractivity contribution in [2.75, 3.05) is 25.9 Å². The minimum atomic E-state index is -2.44. The number of carboxylic acids is 1. The van der Waals surface area contributed by atoms with Crippen LogP contribution in [0.25, 0.3) is 11.0 Å². The zero-order valence-electron chi connectivity index (χ0n) is 22.3. The van der Waals surface area contributed by atoms with Gasteiger partial charge in [0.1, 0.15) is 11.6 Å². The lowest BCUT2D eigenvalue weighted by atomic mass is 9.95. The number of fused-ring (bicyclic) bond motifs is 2. The summed E-state index contributed by atoms with van der Waals surface area (Å²) >= 11 is 13.2. The average Bonchev–Trinajstić information content (AvgIpc) is 3.39. The molecule has 3 heterocycles. The number of halogens is 2. The van der Waals surface area contributed by atoms with Crippen LogP contribution < -0.4 is 5.32 Å². The maximum absolute atomic E-state index is 13.3. The Morgan fingerprint density at radius 3 is 2.68 bits per heavy atom. The van der Waals surface area contributed by atoms with Crippen LogP contribution in [0.1, 0.15) is 44.7 Å². The third-order valence-corrected chi connectivity index (χ3v) is 9.55. The molecule has 2 amide bonds. The van der Waals surface area contributed by atoms with Crippen molar-refractivity contribution in [3.8, 4) is 0 Å². The Morgan fingerprint density at radius 1 is 1.17 bits per heavy atom. The molecule has 0 spiro atoms. The molecule has 41 heavy (non-hydrogen) atoms. The molecule has 0 radical (unpaired) electrons. The fraction of sp³-hybridized carbons (Fsp3) is 0.310. The first kappa shape index (κ1) is 29.2. The summed E-state index contributed by atoms with van der Waals surface area (Å²) in [5.74, 6) is 1.63. The Bertz CT molecular complexity index is 1700. The summed E-state index contributed by atoms with van der Waals surface area (Å²) in [4.78, 5) is 40.3. The summed E-state index contributed by atoms with van der Waals surface area (Å²) < 4.78 is 19.5. The van der Waals surface area contributed by atoms with Crippen LogP contribution >= 0.6 is 23.2 Å². The second kappa shape index (κ2) is 11.5. The number of carbonyl (C=O) groups is 3. The molecular formula is C29H29Cl2N3O6S. The molecular weight excluding hydrogens is 589 g/mol. The monoisotopic (exact) mass is 617 g/mol. The van der Waals surface area contributed by atoms with Crippen LogP contribution in [0.4, 0.5) is 0 Å². The highest BCUT2D eigenvalue weighted by Gasteiger charge is 2.30. The summed E-state index contributed by atoms with van der Waals surface area (Å²) in [7, 11) is -2.44. The lowest BCUT2D eigenvalue weighted by Crippen LogP contribution is -2.43. The third-order valence-electron chi connectivity index (χ3n) is 7.43. The number of rotatable bonds is 7. The highest BCUT2D eigenvalue weighted by Crippen LogP contribution is 2.35. The maximum atomic E-state index is 13.3. The first-order chi connectivity index (χ1) is 19.4. The quantitative estimate of drug-likeness (QED) is 0.299. The molecule has 5 rings (SSSR count). The van der Waals surface area contributed by atoms with E-state index in [0.29, 0.717) is 54.7 Å². The fourth-order valence-electron chi connectivity index (χ4n) is 5.26. The number of benzene rings is 2. The van der Waals surface area contributed by atoms with Crippen LogP contribution in [0.3, 0.4) is 0 Å². The van der Waals surface area contributed by atoms with Crippen LogP contribution in [0.5, 0.6) is 0 Å². The number of hydrogen-bond acceptors (Lipinski definition) is 5. The van der Waals surface area contributed by atoms with Crippen molar-refractivity contribution in [2.24, 2.45) is 0 Å². The fourth-order valence-corrected chi connectivity index (χ4v) is 6.95. The molecule has 1 aromatic heterocycles. The van der Waals surface area contributed by atoms with Gasteiger partial charge in [-0.15, -0.1) is 0 Å². The molecule has 0 fully saturated rings. The molecule has 0 aliphatic carbocycles. The summed E-state index contributed by atoms with van der Waals surface area (Å²) in [5.41, 5.74) is 3.28. The van der Waals surface area contributed by atoms with Crippen molar-refractivity contribution < 1.29 is 28.1 Å².